The summed E-state index contributed by atoms with van der Waals surface area (Å²) < 4.78 is 4.91. The first-order valence-corrected chi connectivity index (χ1v) is 7.60. The number of hydrogen-bond acceptors (Lipinski definition) is 4. The van der Waals surface area contributed by atoms with E-state index in [1.807, 2.05) is 0 Å². The van der Waals surface area contributed by atoms with Gasteiger partial charge in [-0.1, -0.05) is 0 Å². The molecule has 0 saturated carbocycles. The third kappa shape index (κ3) is 6.61. The Morgan fingerprint density at radius 2 is 1.78 bits per heavy atom. The van der Waals surface area contributed by atoms with Gasteiger partial charge in [0.15, 0.2) is 5.78 Å². The quantitative estimate of drug-likeness (QED) is 0.556. The van der Waals surface area contributed by atoms with E-state index in [9.17, 15) is 14.4 Å². The number of benzene rings is 1. The van der Waals surface area contributed by atoms with Crippen LogP contribution < -0.4 is 10.2 Å². The minimum Gasteiger partial charge on any atom is -0.385 e. The van der Waals surface area contributed by atoms with Crippen molar-refractivity contribution in [3.05, 3.63) is 29.8 Å². The Labute approximate surface area is 136 Å². The normalized spacial score (nSPS) is 10.2. The number of carbonyl (C=O) groups is 3. The Kier molecular flexibility index (Phi) is 7.97. The number of methoxy groups -OCH3 is 1. The van der Waals surface area contributed by atoms with Crippen molar-refractivity contribution in [2.45, 2.75) is 26.7 Å². The minimum absolute atomic E-state index is 0.0265. The van der Waals surface area contributed by atoms with Crippen LogP contribution in [-0.4, -0.2) is 44.4 Å². The van der Waals surface area contributed by atoms with Crippen LogP contribution >= 0.6 is 0 Å². The lowest BCUT2D eigenvalue weighted by Crippen LogP contribution is -2.34. The van der Waals surface area contributed by atoms with Crippen LogP contribution in [0.15, 0.2) is 24.3 Å². The number of anilines is 1. The molecule has 1 N–H and O–H groups in total. The lowest BCUT2D eigenvalue weighted by atomic mass is 10.1. The maximum atomic E-state index is 11.8. The molecule has 0 aliphatic carbocycles. The number of Topliss-reactive ketones (excluding diaryl/α,β-unsaturated/α-hetero) is 1. The molecule has 2 amide bonds. The van der Waals surface area contributed by atoms with Crippen LogP contribution in [0.4, 0.5) is 5.69 Å². The second-order valence-corrected chi connectivity index (χ2v) is 5.22. The summed E-state index contributed by atoms with van der Waals surface area (Å²) in [7, 11) is 1.62. The van der Waals surface area contributed by atoms with Crippen molar-refractivity contribution < 1.29 is 19.1 Å². The molecule has 0 fully saturated rings. The lowest BCUT2D eigenvalue weighted by Gasteiger charge is -2.21. The molecular formula is C17H24N2O4. The summed E-state index contributed by atoms with van der Waals surface area (Å²) in [6.45, 7) is 4.40. The fourth-order valence-corrected chi connectivity index (χ4v) is 2.09. The Morgan fingerprint density at radius 3 is 2.30 bits per heavy atom. The summed E-state index contributed by atoms with van der Waals surface area (Å²) in [6, 6.07) is 6.79. The molecule has 126 valence electrons. The van der Waals surface area contributed by atoms with Crippen molar-refractivity contribution in [3.63, 3.8) is 0 Å². The standard InChI is InChI=1S/C17H24N2O4/c1-13(20)15-5-7-16(8-6-15)19(14(2)21)11-9-17(22)18-10-4-12-23-3/h5-8H,4,9-12H2,1-3H3,(H,18,22). The van der Waals surface area contributed by atoms with Gasteiger partial charge in [-0.3, -0.25) is 14.4 Å². The molecular weight excluding hydrogens is 296 g/mol. The molecule has 0 heterocycles. The van der Waals surface area contributed by atoms with E-state index < -0.39 is 0 Å². The van der Waals surface area contributed by atoms with Crippen molar-refractivity contribution in [1.82, 2.24) is 5.32 Å². The van der Waals surface area contributed by atoms with Crippen LogP contribution in [0, 0.1) is 0 Å². The number of amides is 2. The highest BCUT2D eigenvalue weighted by Gasteiger charge is 2.13. The molecule has 1 rings (SSSR count). The van der Waals surface area contributed by atoms with Gasteiger partial charge < -0.3 is 15.0 Å². The van der Waals surface area contributed by atoms with Crippen molar-refractivity contribution in [1.29, 1.82) is 0 Å². The summed E-state index contributed by atoms with van der Waals surface area (Å²) in [5.74, 6) is -0.276. The van der Waals surface area contributed by atoms with Gasteiger partial charge in [-0.25, -0.2) is 0 Å². The molecule has 0 spiro atoms. The van der Waals surface area contributed by atoms with E-state index in [1.165, 1.54) is 18.7 Å². The van der Waals surface area contributed by atoms with E-state index >= 15 is 0 Å². The minimum atomic E-state index is -0.146. The highest BCUT2D eigenvalue weighted by atomic mass is 16.5. The van der Waals surface area contributed by atoms with Gasteiger partial charge in [0.05, 0.1) is 0 Å². The molecule has 6 heteroatoms. The first kappa shape index (κ1) is 18.8. The maximum Gasteiger partial charge on any atom is 0.223 e. The average molecular weight is 320 g/mol. The zero-order valence-electron chi connectivity index (χ0n) is 13.9. The fraction of sp³-hybridized carbons (Fsp3) is 0.471. The molecule has 0 aromatic heterocycles. The predicted molar refractivity (Wildman–Crippen MR) is 88.6 cm³/mol. The number of carbonyl (C=O) groups excluding carboxylic acids is 3. The second kappa shape index (κ2) is 9.74. The van der Waals surface area contributed by atoms with Gasteiger partial charge >= 0.3 is 0 Å². The largest absolute Gasteiger partial charge is 0.385 e. The van der Waals surface area contributed by atoms with Crippen LogP contribution in [0.25, 0.3) is 0 Å². The average Bonchev–Trinajstić information content (AvgIpc) is 2.52. The van der Waals surface area contributed by atoms with Crippen molar-refractivity contribution in [3.8, 4) is 0 Å². The summed E-state index contributed by atoms with van der Waals surface area (Å²) in [6.07, 6.45) is 0.978. The number of nitrogens with zero attached hydrogens (tertiary/aromatic N) is 1. The Morgan fingerprint density at radius 1 is 1.13 bits per heavy atom. The molecule has 0 bridgehead atoms. The van der Waals surface area contributed by atoms with Gasteiger partial charge in [0.25, 0.3) is 0 Å². The Bertz CT molecular complexity index is 540. The number of nitrogens with one attached hydrogen (secondary N) is 1. The molecule has 0 atom stereocenters. The molecule has 6 nitrogen and oxygen atoms in total. The monoisotopic (exact) mass is 320 g/mol. The Hall–Kier alpha value is -2.21. The predicted octanol–water partition coefficient (Wildman–Crippen LogP) is 1.78. The molecule has 1 aromatic rings. The van der Waals surface area contributed by atoms with Crippen molar-refractivity contribution in [2.24, 2.45) is 0 Å². The number of ether oxygens (including phenoxy) is 1. The van der Waals surface area contributed by atoms with E-state index in [4.69, 9.17) is 4.74 Å². The van der Waals surface area contributed by atoms with E-state index in [2.05, 4.69) is 5.32 Å². The van der Waals surface area contributed by atoms with E-state index in [-0.39, 0.29) is 24.0 Å². The highest BCUT2D eigenvalue weighted by Crippen LogP contribution is 2.16. The van der Waals surface area contributed by atoms with E-state index in [1.54, 1.807) is 31.4 Å². The summed E-state index contributed by atoms with van der Waals surface area (Å²) in [4.78, 5) is 36.4. The Balaban J connectivity index is 2.57. The molecule has 0 aliphatic rings. The number of rotatable bonds is 9. The first-order valence-electron chi connectivity index (χ1n) is 7.60. The van der Waals surface area contributed by atoms with Gasteiger partial charge in [-0.05, 0) is 37.6 Å². The van der Waals surface area contributed by atoms with Gasteiger partial charge in [0, 0.05) is 51.4 Å². The van der Waals surface area contributed by atoms with E-state index in [0.29, 0.717) is 30.9 Å². The van der Waals surface area contributed by atoms with Crippen molar-refractivity contribution in [2.75, 3.05) is 31.7 Å². The van der Waals surface area contributed by atoms with Crippen molar-refractivity contribution >= 4 is 23.3 Å². The summed E-state index contributed by atoms with van der Waals surface area (Å²) in [5.41, 5.74) is 1.27. The van der Waals surface area contributed by atoms with Gasteiger partial charge in [-0.15, -0.1) is 0 Å². The van der Waals surface area contributed by atoms with Crippen LogP contribution in [0.5, 0.6) is 0 Å². The van der Waals surface area contributed by atoms with Crippen LogP contribution in [0.3, 0.4) is 0 Å². The third-order valence-corrected chi connectivity index (χ3v) is 3.38. The molecule has 0 saturated heterocycles. The maximum absolute atomic E-state index is 11.8. The zero-order chi connectivity index (χ0) is 17.2. The molecule has 0 radical (unpaired) electrons. The summed E-state index contributed by atoms with van der Waals surface area (Å²) in [5, 5.41) is 2.79. The highest BCUT2D eigenvalue weighted by molar-refractivity contribution is 5.96. The first-order chi connectivity index (χ1) is 11.0. The fourth-order valence-electron chi connectivity index (χ4n) is 2.09. The SMILES string of the molecule is COCCCNC(=O)CCN(C(C)=O)c1ccc(C(C)=O)cc1. The van der Waals surface area contributed by atoms with Gasteiger partial charge in [0.1, 0.15) is 0 Å². The number of hydrogen-bond donors (Lipinski definition) is 1. The smallest absolute Gasteiger partial charge is 0.223 e. The molecule has 23 heavy (non-hydrogen) atoms. The molecule has 0 unspecified atom stereocenters. The molecule has 0 aliphatic heterocycles. The van der Waals surface area contributed by atoms with Gasteiger partial charge in [0.2, 0.25) is 11.8 Å². The second-order valence-electron chi connectivity index (χ2n) is 5.22. The third-order valence-electron chi connectivity index (χ3n) is 3.38. The van der Waals surface area contributed by atoms with E-state index in [0.717, 1.165) is 6.42 Å². The molecule has 1 aromatic carbocycles. The van der Waals surface area contributed by atoms with Gasteiger partial charge in [-0.2, -0.15) is 0 Å². The van der Waals surface area contributed by atoms with Crippen LogP contribution in [-0.2, 0) is 14.3 Å². The van der Waals surface area contributed by atoms with Crippen LogP contribution in [0.1, 0.15) is 37.0 Å². The van der Waals surface area contributed by atoms with Crippen LogP contribution in [0.2, 0.25) is 0 Å². The summed E-state index contributed by atoms with van der Waals surface area (Å²) >= 11 is 0. The zero-order valence-corrected chi connectivity index (χ0v) is 13.9. The topological polar surface area (TPSA) is 75.7 Å². The lowest BCUT2D eigenvalue weighted by molar-refractivity contribution is -0.121. The number of ketones is 1.